The minimum Gasteiger partial charge on any atom is -0.300 e. The summed E-state index contributed by atoms with van der Waals surface area (Å²) in [6.07, 6.45) is 3.05. The first-order valence-electron chi connectivity index (χ1n) is 11.1. The molecule has 3 fully saturated rings. The average molecular weight is 389 g/mol. The van der Waals surface area contributed by atoms with Crippen LogP contribution >= 0.6 is 0 Å². The highest BCUT2D eigenvalue weighted by atomic mass is 19.4. The van der Waals surface area contributed by atoms with E-state index < -0.39 is 12.7 Å². The molecular weight excluding hydrogens is 349 g/mol. The number of rotatable bonds is 6. The van der Waals surface area contributed by atoms with Crippen molar-refractivity contribution in [1.29, 1.82) is 0 Å². The van der Waals surface area contributed by atoms with Crippen LogP contribution in [0.25, 0.3) is 0 Å². The van der Waals surface area contributed by atoms with Crippen molar-refractivity contribution in [2.75, 3.05) is 32.7 Å². The molecule has 0 radical (unpaired) electrons. The molecule has 0 aromatic rings. The second-order valence-corrected chi connectivity index (χ2v) is 10.5. The minimum absolute atomic E-state index is 0.250. The Balaban J connectivity index is 1.41. The Kier molecular flexibility index (Phi) is 6.52. The number of hydrogen-bond donors (Lipinski definition) is 0. The summed E-state index contributed by atoms with van der Waals surface area (Å²) in [7, 11) is 0. The molecule has 27 heavy (non-hydrogen) atoms. The molecule has 0 amide bonds. The summed E-state index contributed by atoms with van der Waals surface area (Å²) in [5, 5.41) is 0. The van der Waals surface area contributed by atoms with Crippen molar-refractivity contribution < 1.29 is 13.2 Å². The largest absolute Gasteiger partial charge is 0.401 e. The second kappa shape index (κ2) is 8.22. The van der Waals surface area contributed by atoms with Crippen molar-refractivity contribution in [3.8, 4) is 0 Å². The molecule has 5 heteroatoms. The van der Waals surface area contributed by atoms with Gasteiger partial charge in [0, 0.05) is 6.04 Å². The summed E-state index contributed by atoms with van der Waals surface area (Å²) in [6.45, 7) is 12.4. The summed E-state index contributed by atoms with van der Waals surface area (Å²) in [4.78, 5) is 4.32. The van der Waals surface area contributed by atoms with Crippen molar-refractivity contribution in [1.82, 2.24) is 9.80 Å². The van der Waals surface area contributed by atoms with Crippen molar-refractivity contribution in [3.05, 3.63) is 0 Å². The van der Waals surface area contributed by atoms with Gasteiger partial charge in [0.25, 0.3) is 0 Å². The number of nitrogens with zero attached hydrogens (tertiary/aromatic N) is 2. The van der Waals surface area contributed by atoms with Crippen LogP contribution in [0.5, 0.6) is 0 Å². The predicted octanol–water partition coefficient (Wildman–Crippen LogP) is 5.43. The predicted molar refractivity (Wildman–Crippen MR) is 105 cm³/mol. The Hall–Kier alpha value is -0.290. The first-order valence-corrected chi connectivity index (χ1v) is 11.1. The molecule has 0 aromatic carbocycles. The van der Waals surface area contributed by atoms with Gasteiger partial charge in [-0.2, -0.15) is 13.2 Å². The summed E-state index contributed by atoms with van der Waals surface area (Å²) >= 11 is 0. The van der Waals surface area contributed by atoms with Gasteiger partial charge in [0.05, 0.1) is 6.54 Å². The maximum Gasteiger partial charge on any atom is 0.401 e. The van der Waals surface area contributed by atoms with Crippen molar-refractivity contribution in [2.45, 2.75) is 78.4 Å². The zero-order valence-electron chi connectivity index (χ0n) is 17.7. The van der Waals surface area contributed by atoms with Crippen LogP contribution in [-0.2, 0) is 0 Å². The van der Waals surface area contributed by atoms with Crippen molar-refractivity contribution in [3.63, 3.8) is 0 Å². The Morgan fingerprint density at radius 2 is 1.52 bits per heavy atom. The molecule has 2 aliphatic heterocycles. The van der Waals surface area contributed by atoms with Crippen LogP contribution in [0.4, 0.5) is 13.2 Å². The van der Waals surface area contributed by atoms with E-state index in [1.807, 2.05) is 0 Å². The molecule has 2 unspecified atom stereocenters. The van der Waals surface area contributed by atoms with Crippen LogP contribution in [-0.4, -0.2) is 54.7 Å². The lowest BCUT2D eigenvalue weighted by molar-refractivity contribution is -0.149. The molecule has 0 bridgehead atoms. The van der Waals surface area contributed by atoms with Gasteiger partial charge in [0.1, 0.15) is 0 Å². The molecule has 1 saturated carbocycles. The van der Waals surface area contributed by atoms with Crippen LogP contribution in [0.3, 0.4) is 0 Å². The molecule has 0 aromatic heterocycles. The lowest BCUT2D eigenvalue weighted by atomic mass is 9.70. The molecule has 158 valence electrons. The highest BCUT2D eigenvalue weighted by Crippen LogP contribution is 2.49. The van der Waals surface area contributed by atoms with E-state index in [1.165, 1.54) is 38.8 Å². The van der Waals surface area contributed by atoms with E-state index in [-0.39, 0.29) is 5.41 Å². The van der Waals surface area contributed by atoms with E-state index in [0.29, 0.717) is 19.0 Å². The fraction of sp³-hybridized carbons (Fsp3) is 1.00. The van der Waals surface area contributed by atoms with E-state index in [4.69, 9.17) is 0 Å². The van der Waals surface area contributed by atoms with Crippen LogP contribution in [0.2, 0.25) is 0 Å². The summed E-state index contributed by atoms with van der Waals surface area (Å²) in [6, 6.07) is 0.780. The lowest BCUT2D eigenvalue weighted by Gasteiger charge is -2.41. The molecule has 0 N–H and O–H groups in total. The van der Waals surface area contributed by atoms with E-state index in [0.717, 1.165) is 36.6 Å². The van der Waals surface area contributed by atoms with E-state index >= 15 is 0 Å². The van der Waals surface area contributed by atoms with Crippen LogP contribution in [0.1, 0.15) is 66.2 Å². The highest BCUT2D eigenvalue weighted by Gasteiger charge is 2.47. The maximum absolute atomic E-state index is 12.6. The molecule has 0 spiro atoms. The van der Waals surface area contributed by atoms with Gasteiger partial charge in [-0.1, -0.05) is 27.7 Å². The topological polar surface area (TPSA) is 6.48 Å². The van der Waals surface area contributed by atoms with Gasteiger partial charge in [0.2, 0.25) is 0 Å². The average Bonchev–Trinajstić information content (AvgIpc) is 3.32. The standard InChI is InChI=1S/C22H39F3N2/c1-16(2)17-5-11-27(12-6-17)20-13-18(20)14-21(3,4)19-7-9-26(10-8-19)15-22(23,24)25/h16-20H,5-15H2,1-4H3. The van der Waals surface area contributed by atoms with E-state index in [9.17, 15) is 13.2 Å². The third-order valence-corrected chi connectivity index (χ3v) is 7.76. The lowest BCUT2D eigenvalue weighted by Crippen LogP contribution is -2.43. The molecule has 3 rings (SSSR count). The van der Waals surface area contributed by atoms with Gasteiger partial charge in [-0.05, 0) is 93.8 Å². The Labute approximate surface area is 163 Å². The van der Waals surface area contributed by atoms with Crippen LogP contribution in [0.15, 0.2) is 0 Å². The quantitative estimate of drug-likeness (QED) is 0.598. The monoisotopic (exact) mass is 388 g/mol. The van der Waals surface area contributed by atoms with E-state index in [1.54, 1.807) is 4.90 Å². The van der Waals surface area contributed by atoms with Gasteiger partial charge in [-0.25, -0.2) is 0 Å². The third kappa shape index (κ3) is 5.85. The molecule has 3 aliphatic rings. The zero-order chi connectivity index (χ0) is 19.8. The molecule has 2 heterocycles. The fourth-order valence-corrected chi connectivity index (χ4v) is 5.78. The number of alkyl halides is 3. The van der Waals surface area contributed by atoms with Crippen molar-refractivity contribution >= 4 is 0 Å². The highest BCUT2D eigenvalue weighted by molar-refractivity contribution is 5.00. The number of piperidine rings is 2. The van der Waals surface area contributed by atoms with Crippen molar-refractivity contribution in [2.24, 2.45) is 29.1 Å². The van der Waals surface area contributed by atoms with Crippen LogP contribution in [0, 0.1) is 29.1 Å². The van der Waals surface area contributed by atoms with Crippen LogP contribution < -0.4 is 0 Å². The smallest absolute Gasteiger partial charge is 0.300 e. The number of likely N-dealkylation sites (tertiary alicyclic amines) is 2. The second-order valence-electron chi connectivity index (χ2n) is 10.5. The maximum atomic E-state index is 12.6. The zero-order valence-corrected chi connectivity index (χ0v) is 17.7. The minimum atomic E-state index is -4.06. The first-order chi connectivity index (χ1) is 12.5. The van der Waals surface area contributed by atoms with Gasteiger partial charge in [0.15, 0.2) is 0 Å². The van der Waals surface area contributed by atoms with Gasteiger partial charge in [-0.3, -0.25) is 4.90 Å². The summed E-state index contributed by atoms with van der Waals surface area (Å²) < 4.78 is 37.8. The van der Waals surface area contributed by atoms with Gasteiger partial charge >= 0.3 is 6.18 Å². The molecule has 2 nitrogen and oxygen atoms in total. The van der Waals surface area contributed by atoms with E-state index in [2.05, 4.69) is 32.6 Å². The Morgan fingerprint density at radius 3 is 2.04 bits per heavy atom. The fourth-order valence-electron chi connectivity index (χ4n) is 5.78. The number of hydrogen-bond acceptors (Lipinski definition) is 2. The van der Waals surface area contributed by atoms with Gasteiger partial charge < -0.3 is 4.90 Å². The molecule has 2 saturated heterocycles. The normalized spacial score (nSPS) is 30.2. The first kappa shape index (κ1) is 21.4. The summed E-state index contributed by atoms with van der Waals surface area (Å²) in [5.41, 5.74) is 0.250. The number of halogens is 3. The Bertz CT molecular complexity index is 472. The molecule has 2 atom stereocenters. The Morgan fingerprint density at radius 1 is 0.926 bits per heavy atom. The molecule has 1 aliphatic carbocycles. The molecular formula is C22H39F3N2. The summed E-state index contributed by atoms with van der Waals surface area (Å²) in [5.74, 6) is 3.08. The SMILES string of the molecule is CC(C)C1CCN(C2CC2CC(C)(C)C2CCN(CC(F)(F)F)CC2)CC1. The van der Waals surface area contributed by atoms with Gasteiger partial charge in [-0.15, -0.1) is 0 Å². The third-order valence-electron chi connectivity index (χ3n) is 7.76.